The highest BCUT2D eigenvalue weighted by Gasteiger charge is 2.33. The van der Waals surface area contributed by atoms with Crippen molar-refractivity contribution < 1.29 is 17.6 Å². The number of hydrogen-bond acceptors (Lipinski definition) is 6. The molecule has 0 unspecified atom stereocenters. The summed E-state index contributed by atoms with van der Waals surface area (Å²) in [4.78, 5) is 24.2. The van der Waals surface area contributed by atoms with Crippen molar-refractivity contribution in [2.45, 2.75) is 4.90 Å². The zero-order valence-corrected chi connectivity index (χ0v) is 18.1. The first-order valence-corrected chi connectivity index (χ1v) is 11.4. The molecule has 30 heavy (non-hydrogen) atoms. The molecule has 10 heteroatoms. The maximum Gasteiger partial charge on any atom is 0.396 e. The lowest BCUT2D eigenvalue weighted by molar-refractivity contribution is 0.101. The second-order valence-corrected chi connectivity index (χ2v) is 9.70. The van der Waals surface area contributed by atoms with Gasteiger partial charge in [-0.2, -0.15) is 4.31 Å². The number of rotatable bonds is 4. The largest absolute Gasteiger partial charge is 0.414 e. The average Bonchev–Trinajstić information content (AvgIpc) is 3.08. The van der Waals surface area contributed by atoms with E-state index in [0.29, 0.717) is 19.6 Å². The molecule has 1 amide bonds. The summed E-state index contributed by atoms with van der Waals surface area (Å²) in [6.07, 6.45) is 0. The van der Waals surface area contributed by atoms with E-state index < -0.39 is 20.9 Å². The molecular formula is C20H11Cl2NO5S2. The van der Waals surface area contributed by atoms with Gasteiger partial charge in [0.05, 0.1) is 25.9 Å². The first-order chi connectivity index (χ1) is 14.3. The first-order valence-electron chi connectivity index (χ1n) is 8.41. The molecule has 0 aliphatic heterocycles. The third-order valence-electron chi connectivity index (χ3n) is 4.19. The molecule has 0 bridgehead atoms. The molecule has 0 atom stereocenters. The molecule has 0 fully saturated rings. The summed E-state index contributed by atoms with van der Waals surface area (Å²) in [5.41, 5.74) is 0.347. The molecule has 0 saturated heterocycles. The van der Waals surface area contributed by atoms with Gasteiger partial charge in [-0.1, -0.05) is 46.7 Å². The van der Waals surface area contributed by atoms with E-state index in [4.69, 9.17) is 27.6 Å². The monoisotopic (exact) mass is 479 g/mol. The summed E-state index contributed by atoms with van der Waals surface area (Å²) >= 11 is 12.8. The number of carbonyl (C=O) groups excluding carboxylic acids is 1. The van der Waals surface area contributed by atoms with E-state index in [0.717, 1.165) is 11.3 Å². The third-order valence-corrected chi connectivity index (χ3v) is 7.28. The van der Waals surface area contributed by atoms with Crippen LogP contribution in [0.1, 0.15) is 10.4 Å². The second kappa shape index (κ2) is 7.88. The minimum absolute atomic E-state index is 0.0113. The number of amides is 1. The first kappa shape index (κ1) is 20.6. The molecule has 0 spiro atoms. The minimum Gasteiger partial charge on any atom is -0.414 e. The van der Waals surface area contributed by atoms with E-state index in [1.807, 2.05) is 0 Å². The summed E-state index contributed by atoms with van der Waals surface area (Å²) < 4.78 is 33.0. The Morgan fingerprint density at radius 2 is 1.67 bits per heavy atom. The van der Waals surface area contributed by atoms with Crippen LogP contribution in [0.25, 0.3) is 10.3 Å². The van der Waals surface area contributed by atoms with Gasteiger partial charge in [0, 0.05) is 5.02 Å². The Kier molecular flexibility index (Phi) is 5.42. The lowest BCUT2D eigenvalue weighted by Crippen LogP contribution is -2.37. The highest BCUT2D eigenvalue weighted by molar-refractivity contribution is 7.93. The van der Waals surface area contributed by atoms with Gasteiger partial charge in [-0.05, 0) is 54.6 Å². The summed E-state index contributed by atoms with van der Waals surface area (Å²) in [5.74, 6) is -0.842. The van der Waals surface area contributed by atoms with Crippen LogP contribution >= 0.6 is 34.5 Å². The Morgan fingerprint density at radius 3 is 2.37 bits per heavy atom. The Labute approximate surface area is 184 Å². The van der Waals surface area contributed by atoms with Gasteiger partial charge in [0.1, 0.15) is 5.58 Å². The number of fused-ring (bicyclic) bond motifs is 1. The molecule has 0 N–H and O–H groups in total. The zero-order chi connectivity index (χ0) is 21.5. The molecule has 152 valence electrons. The summed E-state index contributed by atoms with van der Waals surface area (Å²) in [6, 6.07) is 15.8. The van der Waals surface area contributed by atoms with E-state index >= 15 is 0 Å². The molecule has 0 radical (unpaired) electrons. The molecule has 0 aliphatic carbocycles. The van der Waals surface area contributed by atoms with E-state index in [1.54, 1.807) is 12.1 Å². The van der Waals surface area contributed by atoms with Crippen LogP contribution in [0.2, 0.25) is 10.0 Å². The molecule has 0 aliphatic rings. The van der Waals surface area contributed by atoms with Crippen LogP contribution in [0.5, 0.6) is 0 Å². The Balaban J connectivity index is 1.94. The fourth-order valence-corrected chi connectivity index (χ4v) is 5.25. The van der Waals surface area contributed by atoms with E-state index in [9.17, 15) is 18.0 Å². The number of carbonyl (C=O) groups is 1. The summed E-state index contributed by atoms with van der Waals surface area (Å²) in [5, 5.41) is 0.454. The smallest absolute Gasteiger partial charge is 0.396 e. The average molecular weight is 480 g/mol. The fourth-order valence-electron chi connectivity index (χ4n) is 2.81. The van der Waals surface area contributed by atoms with Crippen molar-refractivity contribution in [1.82, 2.24) is 0 Å². The van der Waals surface area contributed by atoms with Crippen molar-refractivity contribution in [3.8, 4) is 0 Å². The number of halogens is 2. The molecule has 1 heterocycles. The van der Waals surface area contributed by atoms with Crippen LogP contribution in [-0.2, 0) is 10.0 Å². The van der Waals surface area contributed by atoms with Crippen LogP contribution in [-0.4, -0.2) is 14.3 Å². The Hall–Kier alpha value is -2.65. The van der Waals surface area contributed by atoms with Gasteiger partial charge in [-0.15, -0.1) is 0 Å². The van der Waals surface area contributed by atoms with E-state index in [-0.39, 0.29) is 21.2 Å². The van der Waals surface area contributed by atoms with Gasteiger partial charge in [-0.25, -0.2) is 13.2 Å². The number of benzene rings is 3. The van der Waals surface area contributed by atoms with Gasteiger partial charge in [0.2, 0.25) is 0 Å². The van der Waals surface area contributed by atoms with Gasteiger partial charge in [0.25, 0.3) is 15.9 Å². The predicted octanol–water partition coefficient (Wildman–Crippen LogP) is 5.20. The topological polar surface area (TPSA) is 84.7 Å². The SMILES string of the molecule is O=C(c1ccccc1Cl)N(c1ccc2oc(=O)sc2c1)S(=O)(=O)c1ccc(Cl)cc1. The van der Waals surface area contributed by atoms with Crippen LogP contribution < -0.4 is 9.24 Å². The highest BCUT2D eigenvalue weighted by Crippen LogP contribution is 2.31. The maximum absolute atomic E-state index is 13.4. The van der Waals surface area contributed by atoms with Crippen LogP contribution in [0.15, 0.2) is 80.8 Å². The van der Waals surface area contributed by atoms with Gasteiger partial charge >= 0.3 is 4.94 Å². The number of hydrogen-bond donors (Lipinski definition) is 0. The molecule has 6 nitrogen and oxygen atoms in total. The van der Waals surface area contributed by atoms with Crippen molar-refractivity contribution in [1.29, 1.82) is 0 Å². The fraction of sp³-hybridized carbons (Fsp3) is 0. The second-order valence-electron chi connectivity index (χ2n) is 6.09. The molecular weight excluding hydrogens is 469 g/mol. The Bertz CT molecular complexity index is 1430. The number of nitrogens with zero attached hydrogens (tertiary/aromatic N) is 1. The van der Waals surface area contributed by atoms with Crippen LogP contribution in [0, 0.1) is 0 Å². The van der Waals surface area contributed by atoms with Crippen molar-refractivity contribution in [2.24, 2.45) is 0 Å². The quantitative estimate of drug-likeness (QED) is 0.401. The van der Waals surface area contributed by atoms with Gasteiger partial charge in [-0.3, -0.25) is 4.79 Å². The molecule has 3 aromatic carbocycles. The summed E-state index contributed by atoms with van der Waals surface area (Å²) in [6.45, 7) is 0. The summed E-state index contributed by atoms with van der Waals surface area (Å²) in [7, 11) is -4.33. The standard InChI is InChI=1S/C20H11Cl2NO5S2/c21-12-5-8-14(9-6-12)30(26,27)23(19(24)15-3-1-2-4-16(15)22)13-7-10-17-18(11-13)29-20(25)28-17/h1-11H. The van der Waals surface area contributed by atoms with Gasteiger partial charge in [0.15, 0.2) is 0 Å². The van der Waals surface area contributed by atoms with Crippen molar-refractivity contribution >= 4 is 66.4 Å². The van der Waals surface area contributed by atoms with Gasteiger partial charge < -0.3 is 4.42 Å². The van der Waals surface area contributed by atoms with E-state index in [2.05, 4.69) is 0 Å². The minimum atomic E-state index is -4.33. The van der Waals surface area contributed by atoms with E-state index in [1.165, 1.54) is 54.6 Å². The third kappa shape index (κ3) is 3.75. The number of anilines is 1. The molecule has 4 aromatic rings. The Morgan fingerprint density at radius 1 is 0.967 bits per heavy atom. The maximum atomic E-state index is 13.4. The lowest BCUT2D eigenvalue weighted by Gasteiger charge is -2.23. The lowest BCUT2D eigenvalue weighted by atomic mass is 10.2. The van der Waals surface area contributed by atoms with Crippen molar-refractivity contribution in [3.05, 3.63) is 92.1 Å². The number of sulfonamides is 1. The van der Waals surface area contributed by atoms with Crippen LogP contribution in [0.4, 0.5) is 5.69 Å². The highest BCUT2D eigenvalue weighted by atomic mass is 35.5. The molecule has 0 saturated carbocycles. The zero-order valence-electron chi connectivity index (χ0n) is 14.9. The van der Waals surface area contributed by atoms with Crippen LogP contribution in [0.3, 0.4) is 0 Å². The van der Waals surface area contributed by atoms with Crippen molar-refractivity contribution in [2.75, 3.05) is 4.31 Å². The molecule has 4 rings (SSSR count). The predicted molar refractivity (Wildman–Crippen MR) is 117 cm³/mol. The normalized spacial score (nSPS) is 11.5. The van der Waals surface area contributed by atoms with Crippen molar-refractivity contribution in [3.63, 3.8) is 0 Å². The molecule has 1 aromatic heterocycles.